The van der Waals surface area contributed by atoms with Gasteiger partial charge in [0.2, 0.25) is 17.8 Å². The van der Waals surface area contributed by atoms with Gasteiger partial charge in [0.05, 0.1) is 6.10 Å². The maximum absolute atomic E-state index is 11.0. The smallest absolute Gasteiger partial charge is 0.323 e. The van der Waals surface area contributed by atoms with E-state index in [1.165, 1.54) is 0 Å². The van der Waals surface area contributed by atoms with Crippen molar-refractivity contribution in [1.82, 2.24) is 15.0 Å². The first-order valence-electron chi connectivity index (χ1n) is 6.39. The van der Waals surface area contributed by atoms with Gasteiger partial charge in [-0.15, -0.1) is 0 Å². The normalized spacial score (nSPS) is 11.3. The standard InChI is InChI=1S/C12H22N6O2/c1-7(2)20-11-16-9(14-5)15-10(17-11)18-12(3,4)6-8(13)19/h7H,6H2,1-5H3,(H2,13,19)(H2,14,15,16,17,18). The number of nitrogens with one attached hydrogen (secondary N) is 2. The number of ether oxygens (including phenoxy) is 1. The van der Waals surface area contributed by atoms with E-state index in [2.05, 4.69) is 25.6 Å². The van der Waals surface area contributed by atoms with E-state index in [0.717, 1.165) is 0 Å². The largest absolute Gasteiger partial charge is 0.461 e. The summed E-state index contributed by atoms with van der Waals surface area (Å²) < 4.78 is 5.46. The van der Waals surface area contributed by atoms with E-state index in [1.807, 2.05) is 27.7 Å². The molecule has 8 nitrogen and oxygen atoms in total. The van der Waals surface area contributed by atoms with Crippen LogP contribution in [0, 0.1) is 0 Å². The molecular formula is C12H22N6O2. The van der Waals surface area contributed by atoms with Crippen LogP contribution in [0.25, 0.3) is 0 Å². The second kappa shape index (κ2) is 6.36. The summed E-state index contributed by atoms with van der Waals surface area (Å²) in [6.07, 6.45) is 0.113. The van der Waals surface area contributed by atoms with E-state index < -0.39 is 11.4 Å². The molecule has 1 aromatic heterocycles. The van der Waals surface area contributed by atoms with E-state index in [9.17, 15) is 4.79 Å². The maximum Gasteiger partial charge on any atom is 0.323 e. The number of carbonyl (C=O) groups is 1. The first-order chi connectivity index (χ1) is 9.21. The fourth-order valence-electron chi connectivity index (χ4n) is 1.57. The number of anilines is 2. The van der Waals surface area contributed by atoms with Crippen LogP contribution >= 0.6 is 0 Å². The molecule has 0 saturated carbocycles. The minimum absolute atomic E-state index is 0.0476. The lowest BCUT2D eigenvalue weighted by atomic mass is 10.0. The Bertz CT molecular complexity index is 475. The molecule has 0 bridgehead atoms. The van der Waals surface area contributed by atoms with Crippen molar-refractivity contribution in [3.05, 3.63) is 0 Å². The average Bonchev–Trinajstić information content (AvgIpc) is 2.24. The molecule has 0 saturated heterocycles. The van der Waals surface area contributed by atoms with Crippen LogP contribution in [-0.2, 0) is 4.79 Å². The number of rotatable bonds is 7. The third kappa shape index (κ3) is 5.25. The van der Waals surface area contributed by atoms with Crippen LogP contribution in [0.4, 0.5) is 11.9 Å². The van der Waals surface area contributed by atoms with Crippen molar-refractivity contribution < 1.29 is 9.53 Å². The van der Waals surface area contributed by atoms with E-state index >= 15 is 0 Å². The molecule has 0 aliphatic rings. The molecule has 0 atom stereocenters. The Morgan fingerprint density at radius 1 is 1.30 bits per heavy atom. The van der Waals surface area contributed by atoms with E-state index in [4.69, 9.17) is 10.5 Å². The quantitative estimate of drug-likeness (QED) is 0.676. The van der Waals surface area contributed by atoms with Gasteiger partial charge in [-0.05, 0) is 27.7 Å². The number of carbonyl (C=O) groups excluding carboxylic acids is 1. The van der Waals surface area contributed by atoms with Gasteiger partial charge in [-0.3, -0.25) is 4.79 Å². The summed E-state index contributed by atoms with van der Waals surface area (Å²) in [6.45, 7) is 7.44. The van der Waals surface area contributed by atoms with Crippen LogP contribution in [0.15, 0.2) is 0 Å². The van der Waals surface area contributed by atoms with Crippen molar-refractivity contribution in [1.29, 1.82) is 0 Å². The number of nitrogens with two attached hydrogens (primary N) is 1. The lowest BCUT2D eigenvalue weighted by Crippen LogP contribution is -2.36. The topological polar surface area (TPSA) is 115 Å². The number of nitrogens with zero attached hydrogens (tertiary/aromatic N) is 3. The van der Waals surface area contributed by atoms with Gasteiger partial charge in [0.15, 0.2) is 0 Å². The second-order valence-corrected chi connectivity index (χ2v) is 5.33. The fourth-order valence-corrected chi connectivity index (χ4v) is 1.57. The summed E-state index contributed by atoms with van der Waals surface area (Å²) in [6, 6.07) is 0.219. The second-order valence-electron chi connectivity index (χ2n) is 5.33. The van der Waals surface area contributed by atoms with Gasteiger partial charge in [-0.1, -0.05) is 0 Å². The molecule has 4 N–H and O–H groups in total. The molecule has 0 fully saturated rings. The van der Waals surface area contributed by atoms with Crippen LogP contribution in [-0.4, -0.2) is 39.5 Å². The molecule has 0 unspecified atom stereocenters. The number of amides is 1. The van der Waals surface area contributed by atoms with Gasteiger partial charge in [0.1, 0.15) is 0 Å². The summed E-state index contributed by atoms with van der Waals surface area (Å²) in [5.74, 6) is 0.309. The Hall–Kier alpha value is -2.12. The Morgan fingerprint density at radius 2 is 1.90 bits per heavy atom. The molecule has 1 heterocycles. The lowest BCUT2D eigenvalue weighted by Gasteiger charge is -2.24. The Morgan fingerprint density at radius 3 is 2.40 bits per heavy atom. The van der Waals surface area contributed by atoms with Crippen LogP contribution < -0.4 is 21.1 Å². The monoisotopic (exact) mass is 282 g/mol. The minimum Gasteiger partial charge on any atom is -0.461 e. The molecule has 8 heteroatoms. The van der Waals surface area contributed by atoms with Crippen molar-refractivity contribution in [2.24, 2.45) is 5.73 Å². The first kappa shape index (κ1) is 15.9. The molecule has 0 aromatic carbocycles. The highest BCUT2D eigenvalue weighted by atomic mass is 16.5. The third-order valence-electron chi connectivity index (χ3n) is 2.25. The first-order valence-corrected chi connectivity index (χ1v) is 6.39. The SMILES string of the molecule is CNc1nc(NC(C)(C)CC(N)=O)nc(OC(C)C)n1. The zero-order valence-corrected chi connectivity index (χ0v) is 12.5. The summed E-state index contributed by atoms with van der Waals surface area (Å²) >= 11 is 0. The van der Waals surface area contributed by atoms with Crippen molar-refractivity contribution >= 4 is 17.8 Å². The molecule has 1 amide bonds. The zero-order chi connectivity index (χ0) is 15.3. The molecule has 112 valence electrons. The van der Waals surface area contributed by atoms with Crippen LogP contribution in [0.2, 0.25) is 0 Å². The Kier molecular flexibility index (Phi) is 5.06. The molecule has 0 aliphatic carbocycles. The molecular weight excluding hydrogens is 260 g/mol. The summed E-state index contributed by atoms with van der Waals surface area (Å²) in [4.78, 5) is 23.5. The van der Waals surface area contributed by atoms with Gasteiger partial charge < -0.3 is 21.1 Å². The molecule has 0 spiro atoms. The highest BCUT2D eigenvalue weighted by molar-refractivity contribution is 5.75. The van der Waals surface area contributed by atoms with E-state index in [-0.39, 0.29) is 18.5 Å². The zero-order valence-electron chi connectivity index (χ0n) is 12.5. The molecule has 20 heavy (non-hydrogen) atoms. The molecule has 1 aromatic rings. The Balaban J connectivity index is 2.96. The summed E-state index contributed by atoms with van der Waals surface area (Å²) in [5, 5.41) is 5.89. The predicted molar refractivity (Wildman–Crippen MR) is 76.7 cm³/mol. The molecule has 0 aliphatic heterocycles. The van der Waals surface area contributed by atoms with Gasteiger partial charge in [-0.2, -0.15) is 15.0 Å². The number of primary amides is 1. The molecule has 1 rings (SSSR count). The number of hydrogen-bond donors (Lipinski definition) is 3. The number of hydrogen-bond acceptors (Lipinski definition) is 7. The van der Waals surface area contributed by atoms with Crippen molar-refractivity contribution in [3.8, 4) is 6.01 Å². The minimum atomic E-state index is -0.562. The van der Waals surface area contributed by atoms with E-state index in [0.29, 0.717) is 11.9 Å². The van der Waals surface area contributed by atoms with E-state index in [1.54, 1.807) is 7.05 Å². The average molecular weight is 282 g/mol. The lowest BCUT2D eigenvalue weighted by molar-refractivity contribution is -0.118. The van der Waals surface area contributed by atoms with Crippen LogP contribution in [0.5, 0.6) is 6.01 Å². The predicted octanol–water partition coefficient (Wildman–Crippen LogP) is 0.766. The summed E-state index contributed by atoms with van der Waals surface area (Å²) in [5.41, 5.74) is 4.65. The maximum atomic E-state index is 11.0. The van der Waals surface area contributed by atoms with Crippen molar-refractivity contribution in [2.45, 2.75) is 45.8 Å². The number of aromatic nitrogens is 3. The van der Waals surface area contributed by atoms with Gasteiger partial charge in [0, 0.05) is 19.0 Å². The van der Waals surface area contributed by atoms with Gasteiger partial charge >= 0.3 is 6.01 Å². The van der Waals surface area contributed by atoms with Crippen molar-refractivity contribution in [3.63, 3.8) is 0 Å². The van der Waals surface area contributed by atoms with Crippen LogP contribution in [0.3, 0.4) is 0 Å². The highest BCUT2D eigenvalue weighted by Crippen LogP contribution is 2.18. The van der Waals surface area contributed by atoms with Gasteiger partial charge in [0.25, 0.3) is 0 Å². The molecule has 0 radical (unpaired) electrons. The van der Waals surface area contributed by atoms with Crippen molar-refractivity contribution in [2.75, 3.05) is 17.7 Å². The highest BCUT2D eigenvalue weighted by Gasteiger charge is 2.22. The van der Waals surface area contributed by atoms with Crippen LogP contribution in [0.1, 0.15) is 34.1 Å². The fraction of sp³-hybridized carbons (Fsp3) is 0.667. The van der Waals surface area contributed by atoms with Gasteiger partial charge in [-0.25, -0.2) is 0 Å². The third-order valence-corrected chi connectivity index (χ3v) is 2.25. The Labute approximate surface area is 118 Å². The summed E-state index contributed by atoms with van der Waals surface area (Å²) in [7, 11) is 1.70.